The Morgan fingerprint density at radius 3 is 2.91 bits per heavy atom. The number of methoxy groups -OCH3 is 1. The van der Waals surface area contributed by atoms with Crippen LogP contribution < -0.4 is 10.6 Å². The SMILES string of the molecule is COCCNC(=O)Nc1cccc(COCc2ccco2)c1. The Labute approximate surface area is 129 Å². The van der Waals surface area contributed by atoms with Gasteiger partial charge in [0.2, 0.25) is 0 Å². The summed E-state index contributed by atoms with van der Waals surface area (Å²) in [5, 5.41) is 5.46. The predicted octanol–water partition coefficient (Wildman–Crippen LogP) is 2.76. The lowest BCUT2D eigenvalue weighted by Crippen LogP contribution is -2.31. The van der Waals surface area contributed by atoms with Crippen LogP contribution in [-0.2, 0) is 22.7 Å². The highest BCUT2D eigenvalue weighted by Gasteiger charge is 2.02. The summed E-state index contributed by atoms with van der Waals surface area (Å²) in [4.78, 5) is 11.6. The number of benzene rings is 1. The highest BCUT2D eigenvalue weighted by molar-refractivity contribution is 5.89. The van der Waals surface area contributed by atoms with E-state index in [1.54, 1.807) is 13.4 Å². The normalized spacial score (nSPS) is 10.4. The van der Waals surface area contributed by atoms with Crippen LogP contribution in [0.2, 0.25) is 0 Å². The zero-order chi connectivity index (χ0) is 15.6. The number of carbonyl (C=O) groups is 1. The van der Waals surface area contributed by atoms with Gasteiger partial charge in [-0.15, -0.1) is 0 Å². The van der Waals surface area contributed by atoms with E-state index in [1.807, 2.05) is 36.4 Å². The molecule has 1 aromatic heterocycles. The van der Waals surface area contributed by atoms with Crippen molar-refractivity contribution in [3.63, 3.8) is 0 Å². The Morgan fingerprint density at radius 1 is 1.23 bits per heavy atom. The van der Waals surface area contributed by atoms with Gasteiger partial charge in [-0.3, -0.25) is 0 Å². The number of rotatable bonds is 8. The molecule has 0 spiro atoms. The Balaban J connectivity index is 1.77. The van der Waals surface area contributed by atoms with E-state index in [4.69, 9.17) is 13.9 Å². The second-order valence-electron chi connectivity index (χ2n) is 4.65. The fourth-order valence-electron chi connectivity index (χ4n) is 1.84. The van der Waals surface area contributed by atoms with E-state index >= 15 is 0 Å². The zero-order valence-electron chi connectivity index (χ0n) is 12.5. The molecule has 22 heavy (non-hydrogen) atoms. The van der Waals surface area contributed by atoms with Gasteiger partial charge in [0.15, 0.2) is 0 Å². The molecular formula is C16H20N2O4. The van der Waals surface area contributed by atoms with Crippen LogP contribution >= 0.6 is 0 Å². The first-order valence-corrected chi connectivity index (χ1v) is 7.01. The Morgan fingerprint density at radius 2 is 2.14 bits per heavy atom. The topological polar surface area (TPSA) is 72.7 Å². The van der Waals surface area contributed by atoms with Crippen molar-refractivity contribution in [2.75, 3.05) is 25.6 Å². The molecule has 1 aromatic carbocycles. The molecule has 6 heteroatoms. The van der Waals surface area contributed by atoms with E-state index in [0.29, 0.717) is 32.1 Å². The zero-order valence-corrected chi connectivity index (χ0v) is 12.5. The van der Waals surface area contributed by atoms with Crippen LogP contribution in [0.5, 0.6) is 0 Å². The molecular weight excluding hydrogens is 284 g/mol. The summed E-state index contributed by atoms with van der Waals surface area (Å²) in [6.07, 6.45) is 1.62. The summed E-state index contributed by atoms with van der Waals surface area (Å²) in [6.45, 7) is 1.81. The highest BCUT2D eigenvalue weighted by Crippen LogP contribution is 2.12. The van der Waals surface area contributed by atoms with Gasteiger partial charge in [-0.25, -0.2) is 4.79 Å². The molecule has 0 unspecified atom stereocenters. The van der Waals surface area contributed by atoms with Crippen LogP contribution in [-0.4, -0.2) is 26.3 Å². The predicted molar refractivity (Wildman–Crippen MR) is 82.5 cm³/mol. The Kier molecular flexibility index (Phi) is 6.47. The third-order valence-corrected chi connectivity index (χ3v) is 2.87. The van der Waals surface area contributed by atoms with Gasteiger partial charge in [0, 0.05) is 19.3 Å². The fourth-order valence-corrected chi connectivity index (χ4v) is 1.84. The number of amides is 2. The van der Waals surface area contributed by atoms with Crippen LogP contribution in [0.1, 0.15) is 11.3 Å². The molecule has 2 rings (SSSR count). The lowest BCUT2D eigenvalue weighted by Gasteiger charge is -2.09. The fraction of sp³-hybridized carbons (Fsp3) is 0.312. The molecule has 2 N–H and O–H groups in total. The molecule has 118 valence electrons. The van der Waals surface area contributed by atoms with Crippen molar-refractivity contribution in [2.45, 2.75) is 13.2 Å². The maximum Gasteiger partial charge on any atom is 0.319 e. The summed E-state index contributed by atoms with van der Waals surface area (Å²) in [6, 6.07) is 10.9. The molecule has 0 atom stereocenters. The van der Waals surface area contributed by atoms with Crippen LogP contribution in [0.3, 0.4) is 0 Å². The number of carbonyl (C=O) groups excluding carboxylic acids is 1. The maximum absolute atomic E-state index is 11.6. The molecule has 1 heterocycles. The molecule has 0 bridgehead atoms. The van der Waals surface area contributed by atoms with Gasteiger partial charge in [-0.2, -0.15) is 0 Å². The van der Waals surface area contributed by atoms with Gasteiger partial charge < -0.3 is 24.5 Å². The molecule has 2 aromatic rings. The smallest absolute Gasteiger partial charge is 0.319 e. The second-order valence-corrected chi connectivity index (χ2v) is 4.65. The average Bonchev–Trinajstić information content (AvgIpc) is 3.01. The van der Waals surface area contributed by atoms with Gasteiger partial charge in [0.1, 0.15) is 12.4 Å². The van der Waals surface area contributed by atoms with Crippen molar-refractivity contribution >= 4 is 11.7 Å². The minimum absolute atomic E-state index is 0.259. The number of anilines is 1. The lowest BCUT2D eigenvalue weighted by molar-refractivity contribution is 0.0930. The van der Waals surface area contributed by atoms with Crippen LogP contribution in [0.4, 0.5) is 10.5 Å². The van der Waals surface area contributed by atoms with E-state index < -0.39 is 0 Å². The van der Waals surface area contributed by atoms with Crippen molar-refractivity contribution in [1.29, 1.82) is 0 Å². The van der Waals surface area contributed by atoms with Gasteiger partial charge in [-0.05, 0) is 29.8 Å². The van der Waals surface area contributed by atoms with E-state index in [1.165, 1.54) is 0 Å². The molecule has 2 amide bonds. The second kappa shape index (κ2) is 8.86. The number of hydrogen-bond acceptors (Lipinski definition) is 4. The third-order valence-electron chi connectivity index (χ3n) is 2.87. The van der Waals surface area contributed by atoms with E-state index in [9.17, 15) is 4.79 Å². The first-order chi connectivity index (χ1) is 10.8. The molecule has 0 fully saturated rings. The number of hydrogen-bond donors (Lipinski definition) is 2. The largest absolute Gasteiger partial charge is 0.467 e. The number of nitrogens with one attached hydrogen (secondary N) is 2. The monoisotopic (exact) mass is 304 g/mol. The van der Waals surface area contributed by atoms with Crippen molar-refractivity contribution < 1.29 is 18.7 Å². The third kappa shape index (κ3) is 5.59. The first-order valence-electron chi connectivity index (χ1n) is 7.01. The highest BCUT2D eigenvalue weighted by atomic mass is 16.5. The number of ether oxygens (including phenoxy) is 2. The lowest BCUT2D eigenvalue weighted by atomic mass is 10.2. The van der Waals surface area contributed by atoms with Crippen molar-refractivity contribution in [1.82, 2.24) is 5.32 Å². The maximum atomic E-state index is 11.6. The average molecular weight is 304 g/mol. The van der Waals surface area contributed by atoms with Gasteiger partial charge in [0.05, 0.1) is 19.5 Å². The summed E-state index contributed by atoms with van der Waals surface area (Å²) < 4.78 is 15.6. The number of furan rings is 1. The minimum Gasteiger partial charge on any atom is -0.467 e. The molecule has 0 aliphatic heterocycles. The van der Waals surface area contributed by atoms with E-state index in [2.05, 4.69) is 10.6 Å². The molecule has 6 nitrogen and oxygen atoms in total. The standard InChI is InChI=1S/C16H20N2O4/c1-20-9-7-17-16(19)18-14-5-2-4-13(10-14)11-21-12-15-6-3-8-22-15/h2-6,8,10H,7,9,11-12H2,1H3,(H2,17,18,19). The molecule has 0 aliphatic carbocycles. The van der Waals surface area contributed by atoms with Gasteiger partial charge >= 0.3 is 6.03 Å². The molecule has 0 aliphatic rings. The van der Waals surface area contributed by atoms with Crippen molar-refractivity contribution in [3.05, 3.63) is 54.0 Å². The first kappa shape index (κ1) is 16.1. The minimum atomic E-state index is -0.259. The number of urea groups is 1. The van der Waals surface area contributed by atoms with E-state index in [0.717, 1.165) is 11.3 Å². The quantitative estimate of drug-likeness (QED) is 0.736. The van der Waals surface area contributed by atoms with Gasteiger partial charge in [0.25, 0.3) is 0 Å². The molecule has 0 radical (unpaired) electrons. The van der Waals surface area contributed by atoms with Crippen LogP contribution in [0.15, 0.2) is 47.1 Å². The summed E-state index contributed by atoms with van der Waals surface area (Å²) in [5.41, 5.74) is 1.69. The van der Waals surface area contributed by atoms with Gasteiger partial charge in [-0.1, -0.05) is 12.1 Å². The molecule has 0 saturated carbocycles. The Hall–Kier alpha value is -2.31. The summed E-state index contributed by atoms with van der Waals surface area (Å²) in [7, 11) is 1.59. The van der Waals surface area contributed by atoms with Crippen LogP contribution in [0, 0.1) is 0 Å². The van der Waals surface area contributed by atoms with Crippen molar-refractivity contribution in [2.24, 2.45) is 0 Å². The molecule has 0 saturated heterocycles. The van der Waals surface area contributed by atoms with Crippen LogP contribution in [0.25, 0.3) is 0 Å². The van der Waals surface area contributed by atoms with Crippen molar-refractivity contribution in [3.8, 4) is 0 Å². The summed E-state index contributed by atoms with van der Waals surface area (Å²) >= 11 is 0. The van der Waals surface area contributed by atoms with E-state index in [-0.39, 0.29) is 6.03 Å². The Bertz CT molecular complexity index is 569. The summed E-state index contributed by atoms with van der Waals surface area (Å²) in [5.74, 6) is 0.784.